The second-order valence-electron chi connectivity index (χ2n) is 5.22. The summed E-state index contributed by atoms with van der Waals surface area (Å²) in [5.41, 5.74) is 3.29. The number of hydrogen-bond acceptors (Lipinski definition) is 6. The largest absolute Gasteiger partial charge is 0.453 e. The first kappa shape index (κ1) is 17.5. The Bertz CT molecular complexity index is 684. The third-order valence-electron chi connectivity index (χ3n) is 3.68. The number of nitrogens with one attached hydrogen (secondary N) is 2. The van der Waals surface area contributed by atoms with E-state index in [2.05, 4.69) is 63.4 Å². The molecule has 128 valence electrons. The maximum atomic E-state index is 11.1. The Kier molecular flexibility index (Phi) is 5.95. The third-order valence-corrected chi connectivity index (χ3v) is 3.68. The zero-order valence-electron chi connectivity index (χ0n) is 14.5. The number of nitrogens with zero attached hydrogens (tertiary/aromatic N) is 3. The van der Waals surface area contributed by atoms with E-state index in [1.54, 1.807) is 12.1 Å². The predicted octanol–water partition coefficient (Wildman–Crippen LogP) is 3.55. The van der Waals surface area contributed by atoms with Crippen LogP contribution in [0.25, 0.3) is 0 Å². The molecule has 2 aromatic rings. The van der Waals surface area contributed by atoms with Crippen molar-refractivity contribution >= 4 is 29.1 Å². The van der Waals surface area contributed by atoms with Crippen LogP contribution in [0.1, 0.15) is 19.4 Å². The fraction of sp³-hybridized carbons (Fsp3) is 0.353. The number of carbonyl (C=O) groups is 1. The highest BCUT2D eigenvalue weighted by molar-refractivity contribution is 5.83. The van der Waals surface area contributed by atoms with Gasteiger partial charge in [-0.1, -0.05) is 0 Å². The smallest absolute Gasteiger partial charge is 0.412 e. The predicted molar refractivity (Wildman–Crippen MR) is 96.1 cm³/mol. The van der Waals surface area contributed by atoms with E-state index in [0.29, 0.717) is 11.6 Å². The van der Waals surface area contributed by atoms with Gasteiger partial charge in [0.25, 0.3) is 0 Å². The van der Waals surface area contributed by atoms with Crippen molar-refractivity contribution in [2.45, 2.75) is 20.8 Å². The molecule has 0 aliphatic rings. The van der Waals surface area contributed by atoms with Gasteiger partial charge in [-0.2, -0.15) is 0 Å². The molecule has 2 rings (SSSR count). The van der Waals surface area contributed by atoms with E-state index in [-0.39, 0.29) is 0 Å². The second kappa shape index (κ2) is 8.14. The number of aromatic nitrogens is 2. The SMILES string of the molecule is CCN(CC)c1ccc(Nc2ccc(NC(=O)OC)nn2)c(C)c1. The van der Waals surface area contributed by atoms with Crippen LogP contribution < -0.4 is 15.5 Å². The number of benzene rings is 1. The molecule has 1 aromatic heterocycles. The van der Waals surface area contributed by atoms with Crippen LogP contribution in [0, 0.1) is 6.92 Å². The van der Waals surface area contributed by atoms with E-state index < -0.39 is 6.09 Å². The molecule has 1 aromatic carbocycles. The minimum atomic E-state index is -0.576. The van der Waals surface area contributed by atoms with Crippen molar-refractivity contribution in [1.29, 1.82) is 0 Å². The molecule has 0 aliphatic heterocycles. The van der Waals surface area contributed by atoms with Crippen LogP contribution in [0.4, 0.5) is 27.8 Å². The molecule has 0 spiro atoms. The zero-order chi connectivity index (χ0) is 17.5. The first-order valence-electron chi connectivity index (χ1n) is 7.88. The van der Waals surface area contributed by atoms with Gasteiger partial charge in [-0.3, -0.25) is 5.32 Å². The summed E-state index contributed by atoms with van der Waals surface area (Å²) in [6.07, 6.45) is -0.576. The summed E-state index contributed by atoms with van der Waals surface area (Å²) < 4.78 is 4.51. The standard InChI is InChI=1S/C17H23N5O2/c1-5-22(6-2)13-7-8-14(12(3)11-13)18-15-9-10-16(21-20-15)19-17(23)24-4/h7-11H,5-6H2,1-4H3,(H,18,20)(H,19,21,23). The number of methoxy groups -OCH3 is 1. The van der Waals surface area contributed by atoms with Gasteiger partial charge in [-0.25, -0.2) is 4.79 Å². The molecule has 1 amide bonds. The van der Waals surface area contributed by atoms with Gasteiger partial charge in [0.2, 0.25) is 0 Å². The van der Waals surface area contributed by atoms with E-state index in [1.807, 2.05) is 6.07 Å². The Morgan fingerprint density at radius 3 is 2.33 bits per heavy atom. The molecule has 2 N–H and O–H groups in total. The van der Waals surface area contributed by atoms with E-state index in [0.717, 1.165) is 24.3 Å². The van der Waals surface area contributed by atoms with Gasteiger partial charge in [-0.05, 0) is 56.7 Å². The number of anilines is 4. The molecule has 0 bridgehead atoms. The van der Waals surface area contributed by atoms with Crippen LogP contribution in [0.3, 0.4) is 0 Å². The van der Waals surface area contributed by atoms with Crippen molar-refractivity contribution in [3.05, 3.63) is 35.9 Å². The quantitative estimate of drug-likeness (QED) is 0.843. The van der Waals surface area contributed by atoms with Crippen molar-refractivity contribution in [3.63, 3.8) is 0 Å². The molecule has 7 heteroatoms. The first-order chi connectivity index (χ1) is 11.6. The number of amides is 1. The highest BCUT2D eigenvalue weighted by atomic mass is 16.5. The highest BCUT2D eigenvalue weighted by Crippen LogP contribution is 2.25. The Balaban J connectivity index is 2.09. The van der Waals surface area contributed by atoms with Crippen LogP contribution >= 0.6 is 0 Å². The normalized spacial score (nSPS) is 10.2. The monoisotopic (exact) mass is 329 g/mol. The molecule has 24 heavy (non-hydrogen) atoms. The highest BCUT2D eigenvalue weighted by Gasteiger charge is 2.07. The molecule has 0 saturated heterocycles. The molecule has 0 fully saturated rings. The van der Waals surface area contributed by atoms with Crippen LogP contribution in [0.2, 0.25) is 0 Å². The van der Waals surface area contributed by atoms with Crippen molar-refractivity contribution in [1.82, 2.24) is 10.2 Å². The van der Waals surface area contributed by atoms with E-state index in [9.17, 15) is 4.79 Å². The summed E-state index contributed by atoms with van der Waals surface area (Å²) in [5, 5.41) is 13.7. The summed E-state index contributed by atoms with van der Waals surface area (Å²) in [6, 6.07) is 9.67. The lowest BCUT2D eigenvalue weighted by Crippen LogP contribution is -2.21. The molecule has 0 unspecified atom stereocenters. The van der Waals surface area contributed by atoms with E-state index in [1.165, 1.54) is 12.8 Å². The molecular weight excluding hydrogens is 306 g/mol. The minimum Gasteiger partial charge on any atom is -0.453 e. The van der Waals surface area contributed by atoms with Gasteiger partial charge in [-0.15, -0.1) is 10.2 Å². The van der Waals surface area contributed by atoms with Crippen molar-refractivity contribution in [2.24, 2.45) is 0 Å². The van der Waals surface area contributed by atoms with Gasteiger partial charge in [0, 0.05) is 24.5 Å². The second-order valence-corrected chi connectivity index (χ2v) is 5.22. The van der Waals surface area contributed by atoms with Crippen molar-refractivity contribution in [2.75, 3.05) is 35.7 Å². The van der Waals surface area contributed by atoms with Gasteiger partial charge in [0.15, 0.2) is 11.6 Å². The molecule has 0 radical (unpaired) electrons. The third kappa shape index (κ3) is 4.34. The van der Waals surface area contributed by atoms with Gasteiger partial charge < -0.3 is 15.0 Å². The average Bonchev–Trinajstić information content (AvgIpc) is 2.59. The lowest BCUT2D eigenvalue weighted by molar-refractivity contribution is 0.187. The summed E-state index contributed by atoms with van der Waals surface area (Å²) in [4.78, 5) is 13.4. The van der Waals surface area contributed by atoms with Gasteiger partial charge in [0.1, 0.15) is 0 Å². The summed E-state index contributed by atoms with van der Waals surface area (Å²) in [5.74, 6) is 0.935. The fourth-order valence-corrected chi connectivity index (χ4v) is 2.33. The van der Waals surface area contributed by atoms with E-state index in [4.69, 9.17) is 0 Å². The molecular formula is C17H23N5O2. The molecule has 0 saturated carbocycles. The van der Waals surface area contributed by atoms with Crippen molar-refractivity contribution < 1.29 is 9.53 Å². The first-order valence-corrected chi connectivity index (χ1v) is 7.88. The molecule has 1 heterocycles. The number of hydrogen-bond donors (Lipinski definition) is 2. The fourth-order valence-electron chi connectivity index (χ4n) is 2.33. The van der Waals surface area contributed by atoms with Gasteiger partial charge >= 0.3 is 6.09 Å². The van der Waals surface area contributed by atoms with Crippen LogP contribution in [0.5, 0.6) is 0 Å². The molecule has 7 nitrogen and oxygen atoms in total. The van der Waals surface area contributed by atoms with Crippen LogP contribution in [-0.2, 0) is 4.74 Å². The average molecular weight is 329 g/mol. The van der Waals surface area contributed by atoms with Gasteiger partial charge in [0.05, 0.1) is 7.11 Å². The van der Waals surface area contributed by atoms with Crippen LogP contribution in [-0.4, -0.2) is 36.5 Å². The van der Waals surface area contributed by atoms with E-state index >= 15 is 0 Å². The topological polar surface area (TPSA) is 79.4 Å². The lowest BCUT2D eigenvalue weighted by atomic mass is 10.1. The summed E-state index contributed by atoms with van der Waals surface area (Å²) in [7, 11) is 1.29. The summed E-state index contributed by atoms with van der Waals surface area (Å²) >= 11 is 0. The molecule has 0 aliphatic carbocycles. The number of carbonyl (C=O) groups excluding carboxylic acids is 1. The Morgan fingerprint density at radius 1 is 1.12 bits per heavy atom. The number of aryl methyl sites for hydroxylation is 1. The lowest BCUT2D eigenvalue weighted by Gasteiger charge is -2.22. The summed E-state index contributed by atoms with van der Waals surface area (Å²) in [6.45, 7) is 8.29. The maximum absolute atomic E-state index is 11.1. The zero-order valence-corrected chi connectivity index (χ0v) is 14.5. The Labute approximate surface area is 142 Å². The number of ether oxygens (including phenoxy) is 1. The molecule has 0 atom stereocenters. The van der Waals surface area contributed by atoms with Crippen molar-refractivity contribution in [3.8, 4) is 0 Å². The maximum Gasteiger partial charge on any atom is 0.412 e. The minimum absolute atomic E-state index is 0.334. The Hall–Kier alpha value is -2.83. The van der Waals surface area contributed by atoms with Crippen LogP contribution in [0.15, 0.2) is 30.3 Å². The Morgan fingerprint density at radius 2 is 1.79 bits per heavy atom. The number of rotatable bonds is 6.